The molecule has 0 saturated carbocycles. The molecule has 1 aromatic carbocycles. The number of nitrogens with one attached hydrogen (secondary N) is 3. The number of nitro benzene ring substituents is 1. The molecule has 9 nitrogen and oxygen atoms in total. The molecule has 0 spiro atoms. The van der Waals surface area contributed by atoms with Gasteiger partial charge in [0.2, 0.25) is 0 Å². The molecule has 0 fully saturated rings. The Morgan fingerprint density at radius 3 is 2.54 bits per heavy atom. The monoisotopic (exact) mass is 374 g/mol. The summed E-state index contributed by atoms with van der Waals surface area (Å²) in [6.45, 7) is 3.86. The van der Waals surface area contributed by atoms with Gasteiger partial charge in [0.1, 0.15) is 11.7 Å². The van der Waals surface area contributed by atoms with Crippen LogP contribution in [0, 0.1) is 20.8 Å². The number of H-pyrrole nitrogens is 2. The molecule has 0 radical (unpaired) electrons. The lowest BCUT2D eigenvalue weighted by Crippen LogP contribution is -2.37. The van der Waals surface area contributed by atoms with E-state index in [0.29, 0.717) is 17.1 Å². The first-order chi connectivity index (χ1) is 12.3. The third kappa shape index (κ3) is 2.90. The molecule has 2 aromatic rings. The lowest BCUT2D eigenvalue weighted by atomic mass is 9.77. The molecule has 0 saturated heterocycles. The Balaban J connectivity index is 2.24. The number of esters is 1. The molecule has 0 unspecified atom stereocenters. The average molecular weight is 374 g/mol. The van der Waals surface area contributed by atoms with E-state index in [4.69, 9.17) is 17.0 Å². The maximum Gasteiger partial charge on any atom is 0.315 e. The highest BCUT2D eigenvalue weighted by Crippen LogP contribution is 2.42. The summed E-state index contributed by atoms with van der Waals surface area (Å²) in [4.78, 5) is 40.6. The lowest BCUT2D eigenvalue weighted by molar-refractivity contribution is -0.384. The highest BCUT2D eigenvalue weighted by molar-refractivity contribution is 7.71. The minimum absolute atomic E-state index is 0.0993. The number of carbonyl (C=O) groups excluding carboxylic acids is 1. The highest BCUT2D eigenvalue weighted by atomic mass is 32.1. The molecule has 134 valence electrons. The van der Waals surface area contributed by atoms with E-state index in [-0.39, 0.29) is 16.0 Å². The van der Waals surface area contributed by atoms with Gasteiger partial charge in [0, 0.05) is 23.7 Å². The molecule has 1 aliphatic heterocycles. The summed E-state index contributed by atoms with van der Waals surface area (Å²) in [6.07, 6.45) is 0. The van der Waals surface area contributed by atoms with Crippen molar-refractivity contribution in [3.8, 4) is 0 Å². The predicted molar refractivity (Wildman–Crippen MR) is 95.5 cm³/mol. The van der Waals surface area contributed by atoms with Gasteiger partial charge in [-0.15, -0.1) is 0 Å². The number of carbonyl (C=O) groups is 1. The predicted octanol–water partition coefficient (Wildman–Crippen LogP) is 2.20. The zero-order valence-corrected chi connectivity index (χ0v) is 14.4. The Kier molecular flexibility index (Phi) is 4.43. The zero-order valence-electron chi connectivity index (χ0n) is 13.6. The quantitative estimate of drug-likeness (QED) is 0.325. The summed E-state index contributed by atoms with van der Waals surface area (Å²) >= 11 is 4.98. The SMILES string of the molecule is C=C1Nc2[nH]c(=S)[nH]c(=O)c2[C@H](c2ccc([N+](=O)[O-])cc2)[C@H]1C(=O)OC. The smallest absolute Gasteiger partial charge is 0.315 e. The molecular weight excluding hydrogens is 360 g/mol. The molecule has 26 heavy (non-hydrogen) atoms. The first-order valence-corrected chi connectivity index (χ1v) is 7.88. The second-order valence-corrected chi connectivity index (χ2v) is 6.08. The van der Waals surface area contributed by atoms with E-state index < -0.39 is 28.3 Å². The Labute approximate surface area is 151 Å². The van der Waals surface area contributed by atoms with Gasteiger partial charge in [-0.3, -0.25) is 24.7 Å². The Morgan fingerprint density at radius 2 is 1.96 bits per heavy atom. The topological polar surface area (TPSA) is 130 Å². The summed E-state index contributed by atoms with van der Waals surface area (Å²) in [7, 11) is 1.24. The van der Waals surface area contributed by atoms with Crippen molar-refractivity contribution in [3.05, 3.63) is 72.9 Å². The normalized spacial score (nSPS) is 18.6. The van der Waals surface area contributed by atoms with E-state index in [9.17, 15) is 19.7 Å². The number of aromatic nitrogens is 2. The molecule has 1 aromatic heterocycles. The van der Waals surface area contributed by atoms with E-state index in [1.54, 1.807) is 0 Å². The van der Waals surface area contributed by atoms with Gasteiger partial charge >= 0.3 is 5.97 Å². The average Bonchev–Trinajstić information content (AvgIpc) is 2.59. The van der Waals surface area contributed by atoms with Crippen molar-refractivity contribution in [1.82, 2.24) is 9.97 Å². The number of aromatic amines is 2. The molecule has 3 rings (SSSR count). The largest absolute Gasteiger partial charge is 0.468 e. The lowest BCUT2D eigenvalue weighted by Gasteiger charge is -2.33. The van der Waals surface area contributed by atoms with Gasteiger partial charge in [-0.25, -0.2) is 0 Å². The van der Waals surface area contributed by atoms with Crippen LogP contribution >= 0.6 is 12.2 Å². The second kappa shape index (κ2) is 6.56. The molecule has 0 bridgehead atoms. The number of rotatable bonds is 3. The number of fused-ring (bicyclic) bond motifs is 1. The number of nitrogens with zero attached hydrogens (tertiary/aromatic N) is 1. The van der Waals surface area contributed by atoms with Gasteiger partial charge in [0.15, 0.2) is 4.77 Å². The van der Waals surface area contributed by atoms with Crippen LogP contribution in [0.3, 0.4) is 0 Å². The van der Waals surface area contributed by atoms with Gasteiger partial charge < -0.3 is 15.0 Å². The summed E-state index contributed by atoms with van der Waals surface area (Å²) in [5, 5.41) is 13.8. The fourth-order valence-electron chi connectivity index (χ4n) is 3.07. The molecule has 0 amide bonds. The van der Waals surface area contributed by atoms with Crippen LogP contribution in [-0.2, 0) is 9.53 Å². The van der Waals surface area contributed by atoms with Crippen LogP contribution in [0.4, 0.5) is 11.5 Å². The van der Waals surface area contributed by atoms with Crippen LogP contribution in [0.5, 0.6) is 0 Å². The van der Waals surface area contributed by atoms with Gasteiger partial charge in [0.25, 0.3) is 11.2 Å². The van der Waals surface area contributed by atoms with Crippen molar-refractivity contribution in [3.63, 3.8) is 0 Å². The van der Waals surface area contributed by atoms with Crippen molar-refractivity contribution < 1.29 is 14.5 Å². The van der Waals surface area contributed by atoms with Crippen molar-refractivity contribution in [2.75, 3.05) is 12.4 Å². The number of hydrogen-bond donors (Lipinski definition) is 3. The van der Waals surface area contributed by atoms with Crippen LogP contribution in [0.1, 0.15) is 17.0 Å². The Bertz CT molecular complexity index is 1020. The molecule has 2 heterocycles. The first-order valence-electron chi connectivity index (χ1n) is 7.48. The first kappa shape index (κ1) is 17.5. The number of ether oxygens (including phenoxy) is 1. The standard InChI is InChI=1S/C16H14N4O5S/c1-7-10(15(22)25-2)11(8-3-5-9(6-4-8)20(23)24)12-13(17-7)18-16(26)19-14(12)21/h3-6,10-11H,1H2,2H3,(H3,17,18,19,21,26)/t10-,11+/m0/s1. The summed E-state index contributed by atoms with van der Waals surface area (Å²) in [5.74, 6) is -1.90. The van der Waals surface area contributed by atoms with Crippen molar-refractivity contribution >= 4 is 29.7 Å². The number of non-ortho nitro benzene ring substituents is 1. The van der Waals surface area contributed by atoms with E-state index in [2.05, 4.69) is 21.9 Å². The maximum absolute atomic E-state index is 12.5. The van der Waals surface area contributed by atoms with E-state index in [1.807, 2.05) is 0 Å². The van der Waals surface area contributed by atoms with Crippen molar-refractivity contribution in [2.24, 2.45) is 5.92 Å². The number of benzene rings is 1. The highest BCUT2D eigenvalue weighted by Gasteiger charge is 2.41. The summed E-state index contributed by atoms with van der Waals surface area (Å²) in [5.41, 5.74) is 0.531. The minimum atomic E-state index is -0.889. The molecule has 10 heteroatoms. The van der Waals surface area contributed by atoms with E-state index in [1.165, 1.54) is 31.4 Å². The molecule has 3 N–H and O–H groups in total. The van der Waals surface area contributed by atoms with Gasteiger partial charge in [0.05, 0.1) is 17.6 Å². The van der Waals surface area contributed by atoms with Crippen molar-refractivity contribution in [2.45, 2.75) is 5.92 Å². The number of hydrogen-bond acceptors (Lipinski definition) is 7. The number of anilines is 1. The Morgan fingerprint density at radius 1 is 1.31 bits per heavy atom. The number of nitro groups is 1. The Hall–Kier alpha value is -3.27. The van der Waals surface area contributed by atoms with Crippen molar-refractivity contribution in [1.29, 1.82) is 0 Å². The van der Waals surface area contributed by atoms with Crippen LogP contribution < -0.4 is 10.9 Å². The third-order valence-corrected chi connectivity index (χ3v) is 4.41. The van der Waals surface area contributed by atoms with Gasteiger partial charge in [-0.2, -0.15) is 0 Å². The third-order valence-electron chi connectivity index (χ3n) is 4.20. The van der Waals surface area contributed by atoms with Crippen LogP contribution in [-0.4, -0.2) is 28.0 Å². The molecule has 0 aliphatic carbocycles. The van der Waals surface area contributed by atoms with E-state index in [0.717, 1.165) is 0 Å². The van der Waals surface area contributed by atoms with Crippen LogP contribution in [0.25, 0.3) is 0 Å². The summed E-state index contributed by atoms with van der Waals surface area (Å²) in [6, 6.07) is 5.63. The zero-order chi connectivity index (χ0) is 19.0. The van der Waals surface area contributed by atoms with E-state index >= 15 is 0 Å². The van der Waals surface area contributed by atoms with Crippen LogP contribution in [0.15, 0.2) is 41.3 Å². The minimum Gasteiger partial charge on any atom is -0.468 e. The molecule has 2 atom stereocenters. The van der Waals surface area contributed by atoms with Gasteiger partial charge in [-0.05, 0) is 17.8 Å². The van der Waals surface area contributed by atoms with Gasteiger partial charge in [-0.1, -0.05) is 18.7 Å². The molecule has 1 aliphatic rings. The maximum atomic E-state index is 12.5. The fourth-order valence-corrected chi connectivity index (χ4v) is 3.26. The second-order valence-electron chi connectivity index (χ2n) is 5.67. The fraction of sp³-hybridized carbons (Fsp3) is 0.188. The summed E-state index contributed by atoms with van der Waals surface area (Å²) < 4.78 is 4.98. The number of methoxy groups -OCH3 is 1. The molecular formula is C16H14N4O5S. The van der Waals surface area contributed by atoms with Crippen LogP contribution in [0.2, 0.25) is 0 Å².